The summed E-state index contributed by atoms with van der Waals surface area (Å²) in [4.78, 5) is 0. The van der Waals surface area contributed by atoms with Crippen LogP contribution in [0.4, 0.5) is 0 Å². The van der Waals surface area contributed by atoms with Crippen molar-refractivity contribution < 1.29 is 4.42 Å². The number of rotatable bonds is 2. The maximum atomic E-state index is 5.42. The second-order valence-electron chi connectivity index (χ2n) is 3.68. The molecule has 2 aromatic rings. The van der Waals surface area contributed by atoms with E-state index in [1.807, 2.05) is 35.7 Å². The molecule has 0 spiro atoms. The van der Waals surface area contributed by atoms with Gasteiger partial charge in [0.1, 0.15) is 5.76 Å². The molecule has 0 radical (unpaired) electrons. The van der Waals surface area contributed by atoms with Crippen LogP contribution in [0.5, 0.6) is 0 Å². The van der Waals surface area contributed by atoms with E-state index in [0.29, 0.717) is 4.58 Å². The molecule has 1 aliphatic heterocycles. The van der Waals surface area contributed by atoms with Gasteiger partial charge in [-0.25, -0.2) is 0 Å². The maximum Gasteiger partial charge on any atom is 0.133 e. The van der Waals surface area contributed by atoms with Crippen molar-refractivity contribution >= 4 is 23.5 Å². The summed E-state index contributed by atoms with van der Waals surface area (Å²) in [6.45, 7) is 0. The van der Waals surface area contributed by atoms with Crippen molar-refractivity contribution in [2.75, 3.05) is 11.5 Å². The van der Waals surface area contributed by atoms with E-state index in [-0.39, 0.29) is 0 Å². The highest BCUT2D eigenvalue weighted by atomic mass is 32.2. The second kappa shape index (κ2) is 4.60. The van der Waals surface area contributed by atoms with Gasteiger partial charge in [-0.1, -0.05) is 18.2 Å². The minimum atomic E-state index is 0.606. The van der Waals surface area contributed by atoms with E-state index < -0.39 is 0 Å². The van der Waals surface area contributed by atoms with E-state index >= 15 is 0 Å². The first-order valence-corrected chi connectivity index (χ1v) is 7.40. The molecule has 82 valence electrons. The van der Waals surface area contributed by atoms with Gasteiger partial charge in [-0.3, -0.25) is 0 Å². The number of furan rings is 1. The Labute approximate surface area is 104 Å². The van der Waals surface area contributed by atoms with E-state index in [2.05, 4.69) is 24.3 Å². The van der Waals surface area contributed by atoms with Gasteiger partial charge in [-0.2, -0.15) is 0 Å². The monoisotopic (exact) mass is 248 g/mol. The lowest BCUT2D eigenvalue weighted by Gasteiger charge is -2.09. The number of hydrogen-bond acceptors (Lipinski definition) is 3. The van der Waals surface area contributed by atoms with Gasteiger partial charge in [0.2, 0.25) is 0 Å². The standard InChI is InChI=1S/C13H12OS2/c1-3-10(12-5-2-6-14-12)9-11(4-1)13-15-7-8-16-13/h1-6,9,13H,7-8H2. The summed E-state index contributed by atoms with van der Waals surface area (Å²) in [5.41, 5.74) is 2.58. The minimum Gasteiger partial charge on any atom is -0.464 e. The van der Waals surface area contributed by atoms with Crippen LogP contribution in [0.3, 0.4) is 0 Å². The molecule has 2 heterocycles. The smallest absolute Gasteiger partial charge is 0.133 e. The molecule has 3 heteroatoms. The molecule has 1 nitrogen and oxygen atoms in total. The van der Waals surface area contributed by atoms with Crippen LogP contribution in [-0.4, -0.2) is 11.5 Å². The molecule has 0 N–H and O–H groups in total. The summed E-state index contributed by atoms with van der Waals surface area (Å²) in [6, 6.07) is 12.6. The number of benzene rings is 1. The van der Waals surface area contributed by atoms with Gasteiger partial charge < -0.3 is 4.42 Å². The largest absolute Gasteiger partial charge is 0.464 e. The SMILES string of the molecule is c1cc(-c2ccco2)cc(C2SCCS2)c1. The Kier molecular flexibility index (Phi) is 2.98. The minimum absolute atomic E-state index is 0.606. The van der Waals surface area contributed by atoms with Crippen molar-refractivity contribution in [2.45, 2.75) is 4.58 Å². The van der Waals surface area contributed by atoms with Crippen molar-refractivity contribution in [3.63, 3.8) is 0 Å². The molecule has 0 amide bonds. The highest BCUT2D eigenvalue weighted by Crippen LogP contribution is 2.45. The highest BCUT2D eigenvalue weighted by Gasteiger charge is 2.18. The van der Waals surface area contributed by atoms with Crippen LogP contribution >= 0.6 is 23.5 Å². The predicted molar refractivity (Wildman–Crippen MR) is 71.8 cm³/mol. The van der Waals surface area contributed by atoms with Crippen molar-refractivity contribution in [1.82, 2.24) is 0 Å². The van der Waals surface area contributed by atoms with Crippen LogP contribution in [0.1, 0.15) is 10.1 Å². The first-order chi connectivity index (χ1) is 7.93. The Bertz CT molecular complexity index is 459. The Balaban J connectivity index is 1.93. The normalized spacial score (nSPS) is 16.8. The summed E-state index contributed by atoms with van der Waals surface area (Å²) >= 11 is 4.07. The lowest BCUT2D eigenvalue weighted by molar-refractivity contribution is 0.582. The summed E-state index contributed by atoms with van der Waals surface area (Å²) in [6.07, 6.45) is 1.72. The van der Waals surface area contributed by atoms with Gasteiger partial charge in [-0.05, 0) is 23.8 Å². The van der Waals surface area contributed by atoms with Crippen LogP contribution < -0.4 is 0 Å². The molecule has 16 heavy (non-hydrogen) atoms. The first kappa shape index (κ1) is 10.4. The molecule has 0 saturated carbocycles. The third-order valence-corrected chi connectivity index (χ3v) is 5.69. The highest BCUT2D eigenvalue weighted by molar-refractivity contribution is 8.19. The average Bonchev–Trinajstić information content (AvgIpc) is 3.03. The van der Waals surface area contributed by atoms with Crippen molar-refractivity contribution in [3.05, 3.63) is 48.2 Å². The van der Waals surface area contributed by atoms with E-state index in [9.17, 15) is 0 Å². The van der Waals surface area contributed by atoms with Gasteiger partial charge in [0.25, 0.3) is 0 Å². The fourth-order valence-corrected chi connectivity index (χ4v) is 4.67. The Morgan fingerprint density at radius 1 is 1.06 bits per heavy atom. The van der Waals surface area contributed by atoms with E-state index in [4.69, 9.17) is 4.42 Å². The summed E-state index contributed by atoms with van der Waals surface area (Å²) < 4.78 is 6.03. The van der Waals surface area contributed by atoms with Crippen LogP contribution in [0.25, 0.3) is 11.3 Å². The van der Waals surface area contributed by atoms with Crippen LogP contribution in [0.2, 0.25) is 0 Å². The molecular formula is C13H12OS2. The summed E-state index contributed by atoms with van der Waals surface area (Å²) in [5, 5.41) is 0. The zero-order valence-corrected chi connectivity index (χ0v) is 10.4. The quantitative estimate of drug-likeness (QED) is 0.780. The molecule has 1 aliphatic rings. The Morgan fingerprint density at radius 2 is 1.94 bits per heavy atom. The molecule has 1 aromatic carbocycles. The molecule has 1 saturated heterocycles. The fraction of sp³-hybridized carbons (Fsp3) is 0.231. The summed E-state index contributed by atoms with van der Waals surface area (Å²) in [7, 11) is 0. The molecule has 0 atom stereocenters. The molecule has 1 aromatic heterocycles. The maximum absolute atomic E-state index is 5.42. The van der Waals surface area contributed by atoms with Crippen LogP contribution in [0, 0.1) is 0 Å². The number of hydrogen-bond donors (Lipinski definition) is 0. The Hall–Kier alpha value is -0.800. The molecule has 0 aliphatic carbocycles. The van der Waals surface area contributed by atoms with Crippen LogP contribution in [-0.2, 0) is 0 Å². The topological polar surface area (TPSA) is 13.1 Å². The van der Waals surface area contributed by atoms with Crippen molar-refractivity contribution in [1.29, 1.82) is 0 Å². The second-order valence-corrected chi connectivity index (χ2v) is 6.40. The zero-order chi connectivity index (χ0) is 10.8. The Morgan fingerprint density at radius 3 is 2.69 bits per heavy atom. The third kappa shape index (κ3) is 2.02. The molecule has 0 unspecified atom stereocenters. The molecule has 3 rings (SSSR count). The lowest BCUT2D eigenvalue weighted by Crippen LogP contribution is -1.85. The molecule has 1 fully saturated rings. The van der Waals surface area contributed by atoms with E-state index in [0.717, 1.165) is 5.76 Å². The van der Waals surface area contributed by atoms with E-state index in [1.54, 1.807) is 6.26 Å². The van der Waals surface area contributed by atoms with Gasteiger partial charge >= 0.3 is 0 Å². The first-order valence-electron chi connectivity index (χ1n) is 5.30. The van der Waals surface area contributed by atoms with Gasteiger partial charge in [-0.15, -0.1) is 23.5 Å². The van der Waals surface area contributed by atoms with Gasteiger partial charge in [0.15, 0.2) is 0 Å². The van der Waals surface area contributed by atoms with Crippen LogP contribution in [0.15, 0.2) is 47.1 Å². The lowest BCUT2D eigenvalue weighted by atomic mass is 10.1. The summed E-state index contributed by atoms with van der Waals surface area (Å²) in [5.74, 6) is 3.48. The molecule has 0 bridgehead atoms. The van der Waals surface area contributed by atoms with Crippen molar-refractivity contribution in [3.8, 4) is 11.3 Å². The number of thioether (sulfide) groups is 2. The van der Waals surface area contributed by atoms with Gasteiger partial charge in [0.05, 0.1) is 10.8 Å². The van der Waals surface area contributed by atoms with Crippen molar-refractivity contribution in [2.24, 2.45) is 0 Å². The average molecular weight is 248 g/mol. The fourth-order valence-electron chi connectivity index (χ4n) is 1.83. The zero-order valence-electron chi connectivity index (χ0n) is 8.76. The van der Waals surface area contributed by atoms with Gasteiger partial charge in [0, 0.05) is 17.1 Å². The third-order valence-electron chi connectivity index (χ3n) is 2.59. The van der Waals surface area contributed by atoms with E-state index in [1.165, 1.54) is 22.6 Å². The molecular weight excluding hydrogens is 236 g/mol. The predicted octanol–water partition coefficient (Wildman–Crippen LogP) is 4.43.